The summed E-state index contributed by atoms with van der Waals surface area (Å²) in [6.45, 7) is 5.55. The van der Waals surface area contributed by atoms with E-state index in [0.717, 1.165) is 30.1 Å². The van der Waals surface area contributed by atoms with Gasteiger partial charge in [-0.1, -0.05) is 0 Å². The monoisotopic (exact) mass is 284 g/mol. The number of rotatable bonds is 5. The molecule has 1 unspecified atom stereocenters. The highest BCUT2D eigenvalue weighted by Crippen LogP contribution is 2.26. The van der Waals surface area contributed by atoms with Gasteiger partial charge < -0.3 is 14.8 Å². The maximum absolute atomic E-state index is 11.9. The lowest BCUT2D eigenvalue weighted by molar-refractivity contribution is 0.0247. The summed E-state index contributed by atoms with van der Waals surface area (Å²) >= 11 is 1.30. The van der Waals surface area contributed by atoms with Crippen molar-refractivity contribution in [2.75, 3.05) is 25.1 Å². The van der Waals surface area contributed by atoms with Crippen LogP contribution in [0, 0.1) is 6.92 Å². The van der Waals surface area contributed by atoms with Crippen LogP contribution < -0.4 is 5.32 Å². The Labute approximate surface area is 117 Å². The van der Waals surface area contributed by atoms with Crippen molar-refractivity contribution in [2.24, 2.45) is 0 Å². The van der Waals surface area contributed by atoms with Crippen molar-refractivity contribution in [1.82, 2.24) is 4.37 Å². The maximum Gasteiger partial charge on any atom is 0.343 e. The lowest BCUT2D eigenvalue weighted by Gasteiger charge is -2.22. The number of ether oxygens (including phenoxy) is 2. The number of aryl methyl sites for hydroxylation is 1. The fourth-order valence-corrected chi connectivity index (χ4v) is 2.90. The number of nitrogens with one attached hydrogen (secondary N) is 1. The number of anilines is 1. The van der Waals surface area contributed by atoms with Crippen LogP contribution in [0.25, 0.3) is 0 Å². The van der Waals surface area contributed by atoms with Gasteiger partial charge in [0.15, 0.2) is 0 Å². The first-order valence-corrected chi connectivity index (χ1v) is 7.48. The lowest BCUT2D eigenvalue weighted by atomic mass is 10.1. The maximum atomic E-state index is 11.9. The highest BCUT2D eigenvalue weighted by atomic mass is 32.1. The van der Waals surface area contributed by atoms with Crippen molar-refractivity contribution in [2.45, 2.75) is 39.2 Å². The summed E-state index contributed by atoms with van der Waals surface area (Å²) in [5.74, 6) is -0.305. The first kappa shape index (κ1) is 14.3. The van der Waals surface area contributed by atoms with Gasteiger partial charge >= 0.3 is 5.97 Å². The Balaban J connectivity index is 1.97. The van der Waals surface area contributed by atoms with Crippen molar-refractivity contribution in [3.8, 4) is 0 Å². The van der Waals surface area contributed by atoms with E-state index in [0.29, 0.717) is 18.7 Å². The van der Waals surface area contributed by atoms with Gasteiger partial charge in [-0.3, -0.25) is 0 Å². The zero-order chi connectivity index (χ0) is 13.7. The minimum atomic E-state index is -0.305. The van der Waals surface area contributed by atoms with Crippen LogP contribution in [0.5, 0.6) is 0 Å². The molecule has 0 radical (unpaired) electrons. The van der Waals surface area contributed by atoms with Crippen LogP contribution in [0.15, 0.2) is 0 Å². The van der Waals surface area contributed by atoms with E-state index in [2.05, 4.69) is 9.69 Å². The van der Waals surface area contributed by atoms with Gasteiger partial charge in [0, 0.05) is 13.2 Å². The number of hydrogen-bond acceptors (Lipinski definition) is 6. The van der Waals surface area contributed by atoms with E-state index in [9.17, 15) is 4.79 Å². The van der Waals surface area contributed by atoms with Gasteiger partial charge in [0.25, 0.3) is 0 Å². The molecule has 5 nitrogen and oxygen atoms in total. The molecule has 1 fully saturated rings. The first-order chi connectivity index (χ1) is 9.22. The Hall–Kier alpha value is -1.14. The third-order valence-electron chi connectivity index (χ3n) is 3.11. The topological polar surface area (TPSA) is 60.5 Å². The minimum Gasteiger partial charge on any atom is -0.462 e. The highest BCUT2D eigenvalue weighted by Gasteiger charge is 2.21. The second-order valence-corrected chi connectivity index (χ2v) is 5.34. The zero-order valence-electron chi connectivity index (χ0n) is 11.4. The van der Waals surface area contributed by atoms with Crippen LogP contribution in [0.4, 0.5) is 5.00 Å². The fraction of sp³-hybridized carbons (Fsp3) is 0.692. The molecule has 1 aromatic heterocycles. The molecule has 0 spiro atoms. The van der Waals surface area contributed by atoms with E-state index in [1.807, 2.05) is 6.92 Å². The number of nitrogens with zero attached hydrogens (tertiary/aromatic N) is 1. The van der Waals surface area contributed by atoms with Crippen LogP contribution in [0.1, 0.15) is 42.2 Å². The molecule has 1 aliphatic heterocycles. The van der Waals surface area contributed by atoms with Crippen LogP contribution in [0.2, 0.25) is 0 Å². The van der Waals surface area contributed by atoms with Gasteiger partial charge in [-0.2, -0.15) is 4.37 Å². The van der Waals surface area contributed by atoms with Gasteiger partial charge in [0.2, 0.25) is 0 Å². The second-order valence-electron chi connectivity index (χ2n) is 4.56. The van der Waals surface area contributed by atoms with Crippen molar-refractivity contribution >= 4 is 22.5 Å². The summed E-state index contributed by atoms with van der Waals surface area (Å²) in [5, 5.41) is 4.06. The molecule has 1 atom stereocenters. The van der Waals surface area contributed by atoms with Crippen molar-refractivity contribution in [3.63, 3.8) is 0 Å². The Morgan fingerprint density at radius 2 is 2.42 bits per heavy atom. The van der Waals surface area contributed by atoms with E-state index in [1.54, 1.807) is 6.92 Å². The van der Waals surface area contributed by atoms with Gasteiger partial charge in [-0.05, 0) is 44.6 Å². The van der Waals surface area contributed by atoms with Crippen molar-refractivity contribution < 1.29 is 14.3 Å². The van der Waals surface area contributed by atoms with E-state index < -0.39 is 0 Å². The number of carbonyl (C=O) groups excluding carboxylic acids is 1. The molecule has 0 aromatic carbocycles. The fourth-order valence-electron chi connectivity index (χ4n) is 2.11. The molecule has 2 heterocycles. The Kier molecular flexibility index (Phi) is 5.15. The molecule has 1 N–H and O–H groups in total. The predicted molar refractivity (Wildman–Crippen MR) is 74.9 cm³/mol. The van der Waals surface area contributed by atoms with E-state index >= 15 is 0 Å². The molecule has 0 bridgehead atoms. The van der Waals surface area contributed by atoms with E-state index in [1.165, 1.54) is 18.0 Å². The molecule has 0 aliphatic carbocycles. The minimum absolute atomic E-state index is 0.228. The SMILES string of the molecule is CCOC(=O)c1c(C)nsc1NCC1CCCCO1. The molecule has 19 heavy (non-hydrogen) atoms. The predicted octanol–water partition coefficient (Wildman–Crippen LogP) is 2.61. The largest absolute Gasteiger partial charge is 0.462 e. The summed E-state index contributed by atoms with van der Waals surface area (Å²) in [6.07, 6.45) is 3.65. The molecule has 6 heteroatoms. The van der Waals surface area contributed by atoms with Crippen molar-refractivity contribution in [3.05, 3.63) is 11.3 Å². The summed E-state index contributed by atoms with van der Waals surface area (Å²) in [5.41, 5.74) is 1.28. The van der Waals surface area contributed by atoms with Gasteiger partial charge in [0.1, 0.15) is 10.6 Å². The summed E-state index contributed by atoms with van der Waals surface area (Å²) in [4.78, 5) is 11.9. The highest BCUT2D eigenvalue weighted by molar-refractivity contribution is 7.10. The molecule has 1 saturated heterocycles. The summed E-state index contributed by atoms with van der Waals surface area (Å²) < 4.78 is 14.9. The number of aromatic nitrogens is 1. The Morgan fingerprint density at radius 1 is 1.58 bits per heavy atom. The molecule has 0 amide bonds. The molecule has 0 saturated carbocycles. The first-order valence-electron chi connectivity index (χ1n) is 6.71. The van der Waals surface area contributed by atoms with Gasteiger partial charge in [0.05, 0.1) is 18.4 Å². The summed E-state index contributed by atoms with van der Waals surface area (Å²) in [7, 11) is 0. The van der Waals surface area contributed by atoms with E-state index in [-0.39, 0.29) is 12.1 Å². The quantitative estimate of drug-likeness (QED) is 0.842. The lowest BCUT2D eigenvalue weighted by Crippen LogP contribution is -2.27. The molecular weight excluding hydrogens is 264 g/mol. The number of carbonyl (C=O) groups is 1. The average molecular weight is 284 g/mol. The van der Waals surface area contributed by atoms with Crippen LogP contribution in [-0.4, -0.2) is 36.2 Å². The van der Waals surface area contributed by atoms with Crippen LogP contribution >= 0.6 is 11.5 Å². The summed E-state index contributed by atoms with van der Waals surface area (Å²) in [6, 6.07) is 0. The number of hydrogen-bond donors (Lipinski definition) is 1. The van der Waals surface area contributed by atoms with Crippen molar-refractivity contribution in [1.29, 1.82) is 0 Å². The van der Waals surface area contributed by atoms with Crippen LogP contribution in [-0.2, 0) is 9.47 Å². The second kappa shape index (κ2) is 6.86. The normalized spacial score (nSPS) is 19.2. The Bertz CT molecular complexity index is 428. The third-order valence-corrected chi connectivity index (χ3v) is 4.00. The van der Waals surface area contributed by atoms with Gasteiger partial charge in [-0.15, -0.1) is 0 Å². The third kappa shape index (κ3) is 3.67. The zero-order valence-corrected chi connectivity index (χ0v) is 12.2. The van der Waals surface area contributed by atoms with Crippen LogP contribution in [0.3, 0.4) is 0 Å². The van der Waals surface area contributed by atoms with Gasteiger partial charge in [-0.25, -0.2) is 4.79 Å². The molecule has 106 valence electrons. The Morgan fingerprint density at radius 3 is 3.11 bits per heavy atom. The smallest absolute Gasteiger partial charge is 0.343 e. The number of esters is 1. The standard InChI is InChI=1S/C13H20N2O3S/c1-3-17-13(16)11-9(2)15-19-12(11)14-8-10-6-4-5-7-18-10/h10,14H,3-8H2,1-2H3. The average Bonchev–Trinajstić information content (AvgIpc) is 2.79. The molecule has 2 rings (SSSR count). The van der Waals surface area contributed by atoms with E-state index in [4.69, 9.17) is 9.47 Å². The molecule has 1 aliphatic rings. The molecular formula is C13H20N2O3S. The molecule has 1 aromatic rings.